The molecule has 0 bridgehead atoms. The molecule has 8 rings (SSSR count). The van der Waals surface area contributed by atoms with Crippen molar-refractivity contribution in [2.75, 3.05) is 24.7 Å². The summed E-state index contributed by atoms with van der Waals surface area (Å²) in [5.41, 5.74) is 6.24. The molecular weight excluding hydrogens is 905 g/mol. The molecule has 6 aromatic rings. The van der Waals surface area contributed by atoms with E-state index in [4.69, 9.17) is 42.6 Å². The summed E-state index contributed by atoms with van der Waals surface area (Å²) in [6, 6.07) is 61.2. The third-order valence-corrected chi connectivity index (χ3v) is 14.8. The van der Waals surface area contributed by atoms with Gasteiger partial charge in [-0.05, 0) is 44.9 Å². The molecule has 2 aliphatic heterocycles. The largest absolute Gasteiger partial charge is 0.374 e. The summed E-state index contributed by atoms with van der Waals surface area (Å²) < 4.78 is 63.2. The van der Waals surface area contributed by atoms with Gasteiger partial charge in [0.25, 0.3) is 0 Å². The third kappa shape index (κ3) is 15.3. The van der Waals surface area contributed by atoms with Crippen LogP contribution in [0.1, 0.15) is 47.2 Å². The molecule has 0 N–H and O–H groups in total. The Bertz CT molecular complexity index is 2280. The van der Waals surface area contributed by atoms with Gasteiger partial charge in [0.15, 0.2) is 6.29 Å². The molecule has 9 nitrogen and oxygen atoms in total. The number of hydrogen-bond donors (Lipinski definition) is 0. The monoisotopic (exact) mass is 970 g/mol. The van der Waals surface area contributed by atoms with Gasteiger partial charge in [0.2, 0.25) is 0 Å². The van der Waals surface area contributed by atoms with Gasteiger partial charge in [-0.25, -0.2) is 0 Å². The van der Waals surface area contributed by atoms with E-state index in [1.165, 1.54) is 0 Å². The van der Waals surface area contributed by atoms with E-state index in [9.17, 15) is 0 Å². The molecule has 69 heavy (non-hydrogen) atoms. The number of thioether (sulfide) groups is 2. The predicted octanol–water partition coefficient (Wildman–Crippen LogP) is 11.5. The number of ether oxygens (including phenoxy) is 9. The van der Waals surface area contributed by atoms with Crippen LogP contribution in [0.25, 0.3) is 0 Å². The molecule has 0 aliphatic carbocycles. The first-order chi connectivity index (χ1) is 34.1. The summed E-state index contributed by atoms with van der Waals surface area (Å²) in [7, 11) is 0. The second-order valence-corrected chi connectivity index (χ2v) is 20.2. The van der Waals surface area contributed by atoms with Crippen molar-refractivity contribution in [1.29, 1.82) is 0 Å². The van der Waals surface area contributed by atoms with Gasteiger partial charge < -0.3 is 42.6 Å². The molecule has 11 heteroatoms. The molecule has 9 atom stereocenters. The molecule has 0 saturated carbocycles. The van der Waals surface area contributed by atoms with Gasteiger partial charge in [-0.15, -0.1) is 23.5 Å². The van der Waals surface area contributed by atoms with E-state index in [2.05, 4.69) is 86.6 Å². The summed E-state index contributed by atoms with van der Waals surface area (Å²) in [5.74, 6) is 1.82. The molecule has 6 aromatic carbocycles. The van der Waals surface area contributed by atoms with Crippen LogP contribution in [0.4, 0.5) is 0 Å². The molecule has 2 saturated heterocycles. The maximum Gasteiger partial charge on any atom is 0.187 e. The smallest absolute Gasteiger partial charge is 0.187 e. The van der Waals surface area contributed by atoms with Gasteiger partial charge in [-0.3, -0.25) is 0 Å². The normalized spacial score (nSPS) is 23.0. The Labute approximate surface area is 417 Å². The minimum Gasteiger partial charge on any atom is -0.374 e. The maximum absolute atomic E-state index is 7.51. The molecule has 0 amide bonds. The second kappa shape index (κ2) is 27.9. The van der Waals surface area contributed by atoms with Gasteiger partial charge in [0.05, 0.1) is 57.4 Å². The molecular formula is C58H66O9S2. The van der Waals surface area contributed by atoms with Crippen molar-refractivity contribution in [2.24, 2.45) is 0 Å². The van der Waals surface area contributed by atoms with Crippen LogP contribution >= 0.6 is 23.5 Å². The number of rotatable bonds is 27. The van der Waals surface area contributed by atoms with Crippen molar-refractivity contribution < 1.29 is 42.6 Å². The van der Waals surface area contributed by atoms with Gasteiger partial charge >= 0.3 is 0 Å². The van der Waals surface area contributed by atoms with E-state index in [1.54, 1.807) is 0 Å². The van der Waals surface area contributed by atoms with Gasteiger partial charge in [-0.1, -0.05) is 196 Å². The fraction of sp³-hybridized carbons (Fsp3) is 0.379. The van der Waals surface area contributed by atoms with Crippen LogP contribution in [0.2, 0.25) is 0 Å². The van der Waals surface area contributed by atoms with E-state index in [0.29, 0.717) is 39.6 Å². The highest BCUT2D eigenvalue weighted by atomic mass is 32.2. The van der Waals surface area contributed by atoms with E-state index >= 15 is 0 Å². The average Bonchev–Trinajstić information content (AvgIpc) is 3.79. The van der Waals surface area contributed by atoms with E-state index in [1.807, 2.05) is 133 Å². The molecule has 2 aliphatic rings. The topological polar surface area (TPSA) is 83.1 Å². The van der Waals surface area contributed by atoms with Crippen molar-refractivity contribution in [2.45, 2.75) is 113 Å². The third-order valence-electron chi connectivity index (χ3n) is 12.1. The predicted molar refractivity (Wildman–Crippen MR) is 275 cm³/mol. The van der Waals surface area contributed by atoms with Crippen LogP contribution in [-0.2, 0) is 82.3 Å². The fourth-order valence-corrected chi connectivity index (χ4v) is 11.4. The molecule has 0 aromatic heterocycles. The summed E-state index contributed by atoms with van der Waals surface area (Å²) in [5, 5.41) is 0. The lowest BCUT2D eigenvalue weighted by Gasteiger charge is -2.47. The number of benzene rings is 6. The lowest BCUT2D eigenvalue weighted by Crippen LogP contribution is -2.63. The molecule has 0 unspecified atom stereocenters. The molecule has 0 radical (unpaired) electrons. The zero-order chi connectivity index (χ0) is 47.3. The highest BCUT2D eigenvalue weighted by Crippen LogP contribution is 2.39. The van der Waals surface area contributed by atoms with Crippen LogP contribution < -0.4 is 0 Å². The van der Waals surface area contributed by atoms with E-state index < -0.39 is 49.0 Å². The van der Waals surface area contributed by atoms with Gasteiger partial charge in [-0.2, -0.15) is 0 Å². The lowest BCUT2D eigenvalue weighted by molar-refractivity contribution is -0.343. The Morgan fingerprint density at radius 3 is 1.33 bits per heavy atom. The summed E-state index contributed by atoms with van der Waals surface area (Å²) in [6.07, 6.45) is -5.69. The highest BCUT2D eigenvalue weighted by Gasteiger charge is 2.54. The van der Waals surface area contributed by atoms with E-state index in [-0.39, 0.29) is 23.9 Å². The highest BCUT2D eigenvalue weighted by molar-refractivity contribution is 8.17. The Morgan fingerprint density at radius 1 is 0.464 bits per heavy atom. The lowest BCUT2D eigenvalue weighted by atomic mass is 9.97. The standard InChI is InChI=1S/C58H66O9S2/c1-3-68-58(69-4-2)56(64-40-48-33-21-10-22-34-48)54-52(49(42-65-54)60-36-44-25-13-6-14-26-44)67-57-55(63-39-47-31-19-9-20-32-47)53(62-38-46-29-17-8-18-30-46)51(61-37-45-27-15-7-16-28-45)50(66-57)41-59-35-43-23-11-5-12-24-43/h5-34,49-58H,3-4,35-42H2,1-2H3/t49-,50+,51-,52+,53-,54+,55+,56-,57-/m0/s1. The summed E-state index contributed by atoms with van der Waals surface area (Å²) in [4.78, 5) is 0. The van der Waals surface area contributed by atoms with Crippen LogP contribution in [0.15, 0.2) is 182 Å². The van der Waals surface area contributed by atoms with Crippen molar-refractivity contribution in [3.8, 4) is 0 Å². The van der Waals surface area contributed by atoms with E-state index in [0.717, 1.165) is 44.9 Å². The molecule has 2 fully saturated rings. The number of hydrogen-bond acceptors (Lipinski definition) is 11. The maximum atomic E-state index is 7.51. The van der Waals surface area contributed by atoms with Crippen LogP contribution in [0, 0.1) is 0 Å². The zero-order valence-electron chi connectivity index (χ0n) is 39.7. The zero-order valence-corrected chi connectivity index (χ0v) is 41.3. The Morgan fingerprint density at radius 2 is 0.870 bits per heavy atom. The molecule has 2 heterocycles. The molecule has 364 valence electrons. The van der Waals surface area contributed by atoms with Crippen LogP contribution in [-0.4, -0.2) is 84.4 Å². The SMILES string of the molecule is CCSC(SCC)[C@@H](OCc1ccccc1)[C@@H]1OC[C@H](OCc2ccccc2)[C@H]1O[C@@H]1O[C@H](COCc2ccccc2)[C@H](OCc2ccccc2)[C@H](OCc2ccccc2)[C@H]1OCc1ccccc1. The van der Waals surface area contributed by atoms with Crippen molar-refractivity contribution in [3.63, 3.8) is 0 Å². The summed E-state index contributed by atoms with van der Waals surface area (Å²) in [6.45, 7) is 6.98. The van der Waals surface area contributed by atoms with Gasteiger partial charge in [0.1, 0.15) is 48.8 Å². The Hall–Kier alpha value is -4.34. The van der Waals surface area contributed by atoms with Crippen molar-refractivity contribution in [1.82, 2.24) is 0 Å². The summed E-state index contributed by atoms with van der Waals surface area (Å²) >= 11 is 3.73. The first-order valence-corrected chi connectivity index (χ1v) is 26.3. The second-order valence-electron chi connectivity index (χ2n) is 17.1. The Kier molecular flexibility index (Phi) is 20.6. The minimum atomic E-state index is -0.973. The average molecular weight is 971 g/mol. The quantitative estimate of drug-likeness (QED) is 0.0463. The first kappa shape index (κ1) is 51.0. The fourth-order valence-electron chi connectivity index (χ4n) is 8.65. The van der Waals surface area contributed by atoms with Crippen LogP contribution in [0.5, 0.6) is 0 Å². The van der Waals surface area contributed by atoms with Crippen molar-refractivity contribution >= 4 is 23.5 Å². The van der Waals surface area contributed by atoms with Crippen LogP contribution in [0.3, 0.4) is 0 Å². The Balaban J connectivity index is 1.18. The molecule has 0 spiro atoms. The minimum absolute atomic E-state index is 0.0435. The van der Waals surface area contributed by atoms with Crippen molar-refractivity contribution in [3.05, 3.63) is 215 Å². The van der Waals surface area contributed by atoms with Gasteiger partial charge in [0, 0.05) is 0 Å². The first-order valence-electron chi connectivity index (χ1n) is 24.2.